The van der Waals surface area contributed by atoms with Gasteiger partial charge in [-0.05, 0) is 82.1 Å². The molecule has 0 bridgehead atoms. The molecule has 1 atom stereocenters. The molecule has 214 valence electrons. The van der Waals surface area contributed by atoms with Crippen LogP contribution in [0, 0.1) is 17.9 Å². The van der Waals surface area contributed by atoms with Gasteiger partial charge in [-0.25, -0.2) is 9.18 Å². The second-order valence-corrected chi connectivity index (χ2v) is 10.9. The molecule has 11 heteroatoms. The number of amides is 2. The van der Waals surface area contributed by atoms with E-state index < -0.39 is 23.4 Å². The van der Waals surface area contributed by atoms with Gasteiger partial charge in [-0.3, -0.25) is 10.0 Å². The summed E-state index contributed by atoms with van der Waals surface area (Å²) in [6.07, 6.45) is 0.246. The van der Waals surface area contributed by atoms with Crippen LogP contribution in [0.1, 0.15) is 43.3 Å². The highest BCUT2D eigenvalue weighted by Gasteiger charge is 2.32. The summed E-state index contributed by atoms with van der Waals surface area (Å²) < 4.78 is 26.4. The number of ether oxygens (including phenoxy) is 1. The van der Waals surface area contributed by atoms with Crippen molar-refractivity contribution in [1.82, 2.24) is 4.90 Å². The van der Waals surface area contributed by atoms with Crippen molar-refractivity contribution >= 4 is 29.1 Å². The molecule has 0 aliphatic carbocycles. The van der Waals surface area contributed by atoms with Gasteiger partial charge in [-0.2, -0.15) is 0 Å². The second kappa shape index (κ2) is 11.2. The number of rotatable bonds is 6. The fourth-order valence-corrected chi connectivity index (χ4v) is 4.61. The second-order valence-electron chi connectivity index (χ2n) is 10.9. The summed E-state index contributed by atoms with van der Waals surface area (Å²) in [7, 11) is 3.19. The predicted molar refractivity (Wildman–Crippen MR) is 150 cm³/mol. The minimum atomic E-state index is -0.604. The molecule has 3 aromatic rings. The lowest BCUT2D eigenvalue weighted by atomic mass is 10.1. The van der Waals surface area contributed by atoms with Crippen molar-refractivity contribution in [1.29, 1.82) is 0 Å². The van der Waals surface area contributed by atoms with Crippen LogP contribution in [0.3, 0.4) is 0 Å². The first-order valence-corrected chi connectivity index (χ1v) is 12.9. The Morgan fingerprint density at radius 3 is 2.50 bits per heavy atom. The van der Waals surface area contributed by atoms with Gasteiger partial charge < -0.3 is 34.3 Å². The summed E-state index contributed by atoms with van der Waals surface area (Å²) in [5.41, 5.74) is 1.17. The highest BCUT2D eigenvalue weighted by molar-refractivity contribution is 6.04. The SMILES string of the molecule is Cc1ccc(-c2ccc(C(=O)N(C)c3ccc(N4CCC(N(C)C(=O)OC(C)(C)C)C4)c(F)c3)o2)c(N([O-])O)c1. The minimum absolute atomic E-state index is 0.0131. The average Bonchev–Trinajstić information content (AvgIpc) is 3.57. The third-order valence-electron chi connectivity index (χ3n) is 6.80. The van der Waals surface area contributed by atoms with E-state index in [1.807, 2.05) is 25.7 Å². The number of benzene rings is 2. The number of carbonyl (C=O) groups excluding carboxylic acids is 2. The Labute approximate surface area is 232 Å². The molecule has 2 aromatic carbocycles. The summed E-state index contributed by atoms with van der Waals surface area (Å²) in [5, 5.41) is 20.8. The largest absolute Gasteiger partial charge is 0.733 e. The van der Waals surface area contributed by atoms with Crippen molar-refractivity contribution in [2.75, 3.05) is 42.2 Å². The van der Waals surface area contributed by atoms with Crippen LogP contribution in [0.25, 0.3) is 11.3 Å². The van der Waals surface area contributed by atoms with Gasteiger partial charge in [-0.15, -0.1) is 0 Å². The van der Waals surface area contributed by atoms with Crippen LogP contribution in [-0.2, 0) is 4.74 Å². The van der Waals surface area contributed by atoms with Crippen molar-refractivity contribution in [3.8, 4) is 11.3 Å². The molecule has 0 saturated carbocycles. The van der Waals surface area contributed by atoms with Crippen LogP contribution >= 0.6 is 0 Å². The first-order chi connectivity index (χ1) is 18.7. The van der Waals surface area contributed by atoms with E-state index in [1.54, 1.807) is 43.1 Å². The summed E-state index contributed by atoms with van der Waals surface area (Å²) in [6.45, 7) is 8.21. The van der Waals surface area contributed by atoms with E-state index in [0.29, 0.717) is 36.4 Å². The van der Waals surface area contributed by atoms with Crippen LogP contribution in [-0.4, -0.2) is 60.9 Å². The smallest absolute Gasteiger partial charge is 0.410 e. The van der Waals surface area contributed by atoms with Crippen molar-refractivity contribution in [3.63, 3.8) is 0 Å². The van der Waals surface area contributed by atoms with Crippen LogP contribution in [0.15, 0.2) is 52.9 Å². The first kappa shape index (κ1) is 28.9. The molecule has 1 aliphatic heterocycles. The van der Waals surface area contributed by atoms with Gasteiger partial charge >= 0.3 is 6.09 Å². The molecule has 1 aromatic heterocycles. The van der Waals surface area contributed by atoms with Gasteiger partial charge in [0.05, 0.1) is 17.4 Å². The van der Waals surface area contributed by atoms with Crippen molar-refractivity contribution < 1.29 is 28.3 Å². The maximum atomic E-state index is 15.2. The monoisotopic (exact) mass is 553 g/mol. The Bertz CT molecular complexity index is 1400. The average molecular weight is 554 g/mol. The highest BCUT2D eigenvalue weighted by atomic mass is 19.1. The van der Waals surface area contributed by atoms with Crippen LogP contribution in [0.4, 0.5) is 26.2 Å². The summed E-state index contributed by atoms with van der Waals surface area (Å²) >= 11 is 0. The lowest BCUT2D eigenvalue weighted by molar-refractivity contribution is 0.0237. The first-order valence-electron chi connectivity index (χ1n) is 12.9. The Morgan fingerprint density at radius 1 is 1.12 bits per heavy atom. The third-order valence-corrected chi connectivity index (χ3v) is 6.80. The molecule has 40 heavy (non-hydrogen) atoms. The Morgan fingerprint density at radius 2 is 1.85 bits per heavy atom. The standard InChI is InChI=1S/C29H34FN4O6/c1-18-7-9-21(24(15-18)34(37)38)25-11-12-26(39-25)27(35)31(5)19-8-10-23(22(30)16-19)33-14-13-20(17-33)32(6)28(36)40-29(2,3)4/h7-12,15-16,20,37H,13-14,17H2,1-6H3/q-1. The zero-order chi connectivity index (χ0) is 29.4. The maximum Gasteiger partial charge on any atom is 0.410 e. The zero-order valence-electron chi connectivity index (χ0n) is 23.5. The van der Waals surface area contributed by atoms with Gasteiger partial charge in [0.15, 0.2) is 5.76 Å². The van der Waals surface area contributed by atoms with E-state index in [1.165, 1.54) is 36.2 Å². The topological polar surface area (TPSA) is 113 Å². The summed E-state index contributed by atoms with van der Waals surface area (Å²) in [6, 6.07) is 12.3. The molecule has 1 N–H and O–H groups in total. The highest BCUT2D eigenvalue weighted by Crippen LogP contribution is 2.33. The van der Waals surface area contributed by atoms with Gasteiger partial charge in [0, 0.05) is 38.4 Å². The number of hydrogen-bond acceptors (Lipinski definition) is 8. The van der Waals surface area contributed by atoms with Crippen molar-refractivity contribution in [3.05, 3.63) is 70.9 Å². The molecule has 0 radical (unpaired) electrons. The Balaban J connectivity index is 1.46. The number of carbonyl (C=O) groups is 2. The van der Waals surface area contributed by atoms with Gasteiger partial charge in [0.2, 0.25) is 0 Å². The zero-order valence-corrected chi connectivity index (χ0v) is 23.5. The van der Waals surface area contributed by atoms with E-state index in [-0.39, 0.29) is 28.5 Å². The lowest BCUT2D eigenvalue weighted by Crippen LogP contribution is -2.42. The van der Waals surface area contributed by atoms with Crippen LogP contribution in [0.2, 0.25) is 0 Å². The fourth-order valence-electron chi connectivity index (χ4n) is 4.61. The summed E-state index contributed by atoms with van der Waals surface area (Å²) in [5.74, 6) is -0.810. The molecule has 1 saturated heterocycles. The van der Waals surface area contributed by atoms with E-state index in [9.17, 15) is 20.0 Å². The number of halogens is 1. The molecule has 2 amide bonds. The number of aryl methyl sites for hydroxylation is 1. The lowest BCUT2D eigenvalue weighted by Gasteiger charge is -2.29. The fraction of sp³-hybridized carbons (Fsp3) is 0.379. The molecule has 1 aliphatic rings. The Hall–Kier alpha value is -4.09. The third kappa shape index (κ3) is 6.21. The normalized spacial score (nSPS) is 15.2. The van der Waals surface area contributed by atoms with Gasteiger partial charge in [0.1, 0.15) is 17.2 Å². The molecular formula is C29H34FN4O6-. The molecule has 10 nitrogen and oxygen atoms in total. The number of furan rings is 1. The number of hydrogen-bond donors (Lipinski definition) is 1. The summed E-state index contributed by atoms with van der Waals surface area (Å²) in [4.78, 5) is 30.2. The van der Waals surface area contributed by atoms with E-state index >= 15 is 4.39 Å². The molecule has 2 heterocycles. The number of nitrogens with zero attached hydrogens (tertiary/aromatic N) is 4. The molecule has 4 rings (SSSR count). The van der Waals surface area contributed by atoms with Gasteiger partial charge in [-0.1, -0.05) is 6.07 Å². The Kier molecular flexibility index (Phi) is 8.08. The minimum Gasteiger partial charge on any atom is -0.733 e. The number of likely N-dealkylation sites (N-methyl/N-ethyl adjacent to an activating group) is 1. The maximum absolute atomic E-state index is 15.2. The molecular weight excluding hydrogens is 519 g/mol. The van der Waals surface area contributed by atoms with E-state index in [4.69, 9.17) is 9.15 Å². The van der Waals surface area contributed by atoms with Crippen LogP contribution in [0.5, 0.6) is 0 Å². The van der Waals surface area contributed by atoms with Crippen molar-refractivity contribution in [2.24, 2.45) is 0 Å². The van der Waals surface area contributed by atoms with E-state index in [0.717, 1.165) is 5.56 Å². The molecule has 1 unspecified atom stereocenters. The van der Waals surface area contributed by atoms with Gasteiger partial charge in [0.25, 0.3) is 5.91 Å². The van der Waals surface area contributed by atoms with E-state index in [2.05, 4.69) is 0 Å². The predicted octanol–water partition coefficient (Wildman–Crippen LogP) is 5.81. The quantitative estimate of drug-likeness (QED) is 0.381. The molecule has 0 spiro atoms. The van der Waals surface area contributed by atoms with Crippen molar-refractivity contribution in [2.45, 2.75) is 45.8 Å². The number of anilines is 3. The molecule has 1 fully saturated rings. The van der Waals surface area contributed by atoms with Crippen LogP contribution < -0.4 is 15.0 Å².